The minimum atomic E-state index is -0.410. The Bertz CT molecular complexity index is 513. The van der Waals surface area contributed by atoms with E-state index in [0.29, 0.717) is 6.42 Å². The molecule has 5 heteroatoms. The topological polar surface area (TPSA) is 46.0 Å². The summed E-state index contributed by atoms with van der Waals surface area (Å²) in [6.07, 6.45) is 1.16. The van der Waals surface area contributed by atoms with Gasteiger partial charge in [0.2, 0.25) is 0 Å². The molecule has 0 radical (unpaired) electrons. The van der Waals surface area contributed by atoms with Gasteiger partial charge in [0.05, 0.1) is 6.10 Å². The van der Waals surface area contributed by atoms with E-state index in [1.165, 1.54) is 11.5 Å². The van der Waals surface area contributed by atoms with Gasteiger partial charge >= 0.3 is 0 Å². The Kier molecular flexibility index (Phi) is 4.74. The zero-order valence-electron chi connectivity index (χ0n) is 10.5. The minimum absolute atomic E-state index is 0.410. The zero-order valence-corrected chi connectivity index (χ0v) is 12.1. The molecule has 0 aliphatic carbocycles. The first-order chi connectivity index (χ1) is 8.74. The number of aromatic nitrogens is 2. The average Bonchev–Trinajstić information content (AvgIpc) is 2.86. The van der Waals surface area contributed by atoms with Crippen LogP contribution in [0.15, 0.2) is 33.5 Å². The number of rotatable bonds is 5. The van der Waals surface area contributed by atoms with Crippen LogP contribution in [0.2, 0.25) is 0 Å². The number of aliphatic hydroxyl groups is 1. The Balaban J connectivity index is 2.23. The molecule has 0 spiro atoms. The van der Waals surface area contributed by atoms with E-state index in [-0.39, 0.29) is 0 Å². The third-order valence-electron chi connectivity index (χ3n) is 2.63. The Morgan fingerprint density at radius 3 is 2.78 bits per heavy atom. The second-order valence-corrected chi connectivity index (χ2v) is 5.93. The van der Waals surface area contributed by atoms with Gasteiger partial charge in [-0.15, -0.1) is 0 Å². The van der Waals surface area contributed by atoms with Crippen LogP contribution in [0.5, 0.6) is 0 Å². The smallest absolute Gasteiger partial charge is 0.174 e. The van der Waals surface area contributed by atoms with E-state index in [2.05, 4.69) is 9.36 Å². The van der Waals surface area contributed by atoms with Gasteiger partial charge in [-0.2, -0.15) is 4.37 Å². The molecule has 1 heterocycles. The summed E-state index contributed by atoms with van der Waals surface area (Å²) in [5.74, 6) is 0.885. The summed E-state index contributed by atoms with van der Waals surface area (Å²) in [5, 5.41) is 9.99. The van der Waals surface area contributed by atoms with Crippen molar-refractivity contribution in [2.75, 3.05) is 0 Å². The fourth-order valence-corrected chi connectivity index (χ4v) is 3.42. The SMILES string of the molecule is CCc1nsc(Sc2ccccc2[C@H](O)CC)n1. The number of aryl methyl sites for hydroxylation is 1. The molecule has 2 aromatic rings. The van der Waals surface area contributed by atoms with Crippen molar-refractivity contribution in [1.29, 1.82) is 0 Å². The molecule has 0 unspecified atom stereocenters. The van der Waals surface area contributed by atoms with Gasteiger partial charge in [-0.3, -0.25) is 0 Å². The van der Waals surface area contributed by atoms with Crippen LogP contribution in [0.25, 0.3) is 0 Å². The summed E-state index contributed by atoms with van der Waals surface area (Å²) in [4.78, 5) is 5.50. The maximum absolute atomic E-state index is 9.99. The number of hydrogen-bond donors (Lipinski definition) is 1. The van der Waals surface area contributed by atoms with Crippen LogP contribution in [0, 0.1) is 0 Å². The molecule has 0 amide bonds. The highest BCUT2D eigenvalue weighted by atomic mass is 32.2. The van der Waals surface area contributed by atoms with Crippen LogP contribution in [0.4, 0.5) is 0 Å². The van der Waals surface area contributed by atoms with Crippen LogP contribution in [0.3, 0.4) is 0 Å². The largest absolute Gasteiger partial charge is 0.388 e. The minimum Gasteiger partial charge on any atom is -0.388 e. The molecule has 1 aromatic carbocycles. The Labute approximate surface area is 115 Å². The van der Waals surface area contributed by atoms with Crippen molar-refractivity contribution < 1.29 is 5.11 Å². The highest BCUT2D eigenvalue weighted by Crippen LogP contribution is 2.34. The monoisotopic (exact) mass is 280 g/mol. The van der Waals surface area contributed by atoms with Gasteiger partial charge in [0.15, 0.2) is 4.34 Å². The summed E-state index contributed by atoms with van der Waals surface area (Å²) < 4.78 is 5.21. The molecule has 0 saturated carbocycles. The van der Waals surface area contributed by atoms with Gasteiger partial charge in [-0.1, -0.05) is 43.8 Å². The molecule has 2 rings (SSSR count). The highest BCUT2D eigenvalue weighted by molar-refractivity contribution is 8.01. The van der Waals surface area contributed by atoms with Crippen molar-refractivity contribution in [2.45, 2.75) is 42.0 Å². The predicted octanol–water partition coefficient (Wildman–Crippen LogP) is 3.70. The highest BCUT2D eigenvalue weighted by Gasteiger charge is 2.12. The van der Waals surface area contributed by atoms with Crippen LogP contribution in [0.1, 0.15) is 37.8 Å². The van der Waals surface area contributed by atoms with Gasteiger partial charge in [-0.25, -0.2) is 4.98 Å². The molecule has 1 N–H and O–H groups in total. The first kappa shape index (κ1) is 13.5. The normalized spacial score (nSPS) is 12.6. The third-order valence-corrected chi connectivity index (χ3v) is 4.51. The van der Waals surface area contributed by atoms with Gasteiger partial charge in [0.1, 0.15) is 5.82 Å². The van der Waals surface area contributed by atoms with Crippen LogP contribution in [-0.4, -0.2) is 14.5 Å². The fourth-order valence-electron chi connectivity index (χ4n) is 1.59. The molecule has 18 heavy (non-hydrogen) atoms. The van der Waals surface area contributed by atoms with E-state index in [1.807, 2.05) is 38.1 Å². The van der Waals surface area contributed by atoms with Gasteiger partial charge in [0.25, 0.3) is 0 Å². The average molecular weight is 280 g/mol. The van der Waals surface area contributed by atoms with Crippen LogP contribution in [-0.2, 0) is 6.42 Å². The second-order valence-electron chi connectivity index (χ2n) is 3.89. The van der Waals surface area contributed by atoms with Crippen molar-refractivity contribution in [3.05, 3.63) is 35.7 Å². The molecule has 1 aromatic heterocycles. The van der Waals surface area contributed by atoms with Gasteiger partial charge in [-0.05, 0) is 29.6 Å². The van der Waals surface area contributed by atoms with E-state index in [9.17, 15) is 5.11 Å². The fraction of sp³-hybridized carbons (Fsp3) is 0.385. The maximum Gasteiger partial charge on any atom is 0.174 e. The van der Waals surface area contributed by atoms with E-state index in [0.717, 1.165) is 27.0 Å². The van der Waals surface area contributed by atoms with Crippen molar-refractivity contribution in [1.82, 2.24) is 9.36 Å². The Morgan fingerprint density at radius 1 is 1.33 bits per heavy atom. The number of hydrogen-bond acceptors (Lipinski definition) is 5. The summed E-state index contributed by atoms with van der Waals surface area (Å²) >= 11 is 3.00. The molecule has 0 aliphatic heterocycles. The number of benzene rings is 1. The molecule has 0 fully saturated rings. The lowest BCUT2D eigenvalue weighted by Crippen LogP contribution is -1.96. The molecular weight excluding hydrogens is 264 g/mol. The summed E-state index contributed by atoms with van der Waals surface area (Å²) in [5.41, 5.74) is 0.971. The molecule has 0 aliphatic rings. The van der Waals surface area contributed by atoms with Crippen molar-refractivity contribution in [2.24, 2.45) is 0 Å². The third kappa shape index (κ3) is 3.10. The van der Waals surface area contributed by atoms with Crippen molar-refractivity contribution in [3.63, 3.8) is 0 Å². The Hall–Kier alpha value is -0.910. The van der Waals surface area contributed by atoms with Gasteiger partial charge in [0, 0.05) is 11.3 Å². The first-order valence-electron chi connectivity index (χ1n) is 6.02. The molecule has 0 bridgehead atoms. The van der Waals surface area contributed by atoms with E-state index >= 15 is 0 Å². The molecule has 3 nitrogen and oxygen atoms in total. The molecule has 96 valence electrons. The zero-order chi connectivity index (χ0) is 13.0. The van der Waals surface area contributed by atoms with Crippen molar-refractivity contribution >= 4 is 23.3 Å². The van der Waals surface area contributed by atoms with Crippen molar-refractivity contribution in [3.8, 4) is 0 Å². The lowest BCUT2D eigenvalue weighted by atomic mass is 10.1. The maximum atomic E-state index is 9.99. The standard InChI is InChI=1S/C13H16N2OS2/c1-3-10(16)9-7-5-6-8-11(9)17-13-14-12(4-2)15-18-13/h5-8,10,16H,3-4H2,1-2H3/t10-/m1/s1. The first-order valence-corrected chi connectivity index (χ1v) is 7.61. The second kappa shape index (κ2) is 6.31. The van der Waals surface area contributed by atoms with Crippen LogP contribution < -0.4 is 0 Å². The summed E-state index contributed by atoms with van der Waals surface area (Å²) in [6, 6.07) is 7.93. The predicted molar refractivity (Wildman–Crippen MR) is 75.1 cm³/mol. The lowest BCUT2D eigenvalue weighted by Gasteiger charge is -2.12. The van der Waals surface area contributed by atoms with E-state index in [4.69, 9.17) is 0 Å². The molecule has 1 atom stereocenters. The van der Waals surface area contributed by atoms with Gasteiger partial charge < -0.3 is 5.11 Å². The molecule has 0 saturated heterocycles. The summed E-state index contributed by atoms with van der Waals surface area (Å²) in [6.45, 7) is 4.03. The van der Waals surface area contributed by atoms with E-state index in [1.54, 1.807) is 11.8 Å². The Morgan fingerprint density at radius 2 is 2.11 bits per heavy atom. The lowest BCUT2D eigenvalue weighted by molar-refractivity contribution is 0.171. The van der Waals surface area contributed by atoms with Crippen LogP contribution >= 0.6 is 23.3 Å². The number of aliphatic hydroxyl groups excluding tert-OH is 1. The number of nitrogens with zero attached hydrogens (tertiary/aromatic N) is 2. The molecular formula is C13H16N2OS2. The quantitative estimate of drug-likeness (QED) is 0.907. The summed E-state index contributed by atoms with van der Waals surface area (Å²) in [7, 11) is 0. The van der Waals surface area contributed by atoms with E-state index < -0.39 is 6.10 Å².